The van der Waals surface area contributed by atoms with Gasteiger partial charge in [0.15, 0.2) is 0 Å². The van der Waals surface area contributed by atoms with Crippen LogP contribution in [0.25, 0.3) is 0 Å². The first-order valence-corrected chi connectivity index (χ1v) is 7.41. The number of hydrogen-bond donors (Lipinski definition) is 0. The molecule has 0 aromatic carbocycles. The molecule has 17 heavy (non-hydrogen) atoms. The maximum absolute atomic E-state index is 12.3. The van der Waals surface area contributed by atoms with Gasteiger partial charge < -0.3 is 0 Å². The summed E-state index contributed by atoms with van der Waals surface area (Å²) < 4.78 is 0. The van der Waals surface area contributed by atoms with Gasteiger partial charge in [0.1, 0.15) is 5.78 Å². The van der Waals surface area contributed by atoms with Gasteiger partial charge in [-0.1, -0.05) is 27.7 Å². The van der Waals surface area contributed by atoms with Crippen LogP contribution in [0.1, 0.15) is 66.2 Å². The molecule has 3 aliphatic carbocycles. The molecule has 3 fully saturated rings. The van der Waals surface area contributed by atoms with Crippen LogP contribution < -0.4 is 0 Å². The smallest absolute Gasteiger partial charge is 0.139 e. The predicted octanol–water partition coefficient (Wildman–Crippen LogP) is 4.21. The number of hydrogen-bond acceptors (Lipinski definition) is 1. The number of ketones is 1. The second kappa shape index (κ2) is 3.16. The summed E-state index contributed by atoms with van der Waals surface area (Å²) in [5.41, 5.74) is 0.847. The van der Waals surface area contributed by atoms with Crippen molar-refractivity contribution in [3.8, 4) is 0 Å². The molecule has 0 N–H and O–H groups in total. The largest absolute Gasteiger partial charge is 0.299 e. The number of rotatable bonds is 1. The maximum Gasteiger partial charge on any atom is 0.139 e. The molecule has 3 rings (SSSR count). The monoisotopic (exact) mass is 234 g/mol. The van der Waals surface area contributed by atoms with E-state index in [4.69, 9.17) is 0 Å². The van der Waals surface area contributed by atoms with E-state index in [1.165, 1.54) is 25.7 Å². The molecule has 0 aromatic heterocycles. The first-order chi connectivity index (χ1) is 7.87. The Hall–Kier alpha value is -0.330. The van der Waals surface area contributed by atoms with Gasteiger partial charge in [0.25, 0.3) is 0 Å². The van der Waals surface area contributed by atoms with Crippen molar-refractivity contribution >= 4 is 5.78 Å². The average molecular weight is 234 g/mol. The summed E-state index contributed by atoms with van der Waals surface area (Å²) in [6, 6.07) is 0. The van der Waals surface area contributed by atoms with Gasteiger partial charge >= 0.3 is 0 Å². The van der Waals surface area contributed by atoms with E-state index in [0.29, 0.717) is 16.6 Å². The second-order valence-corrected chi connectivity index (χ2v) is 7.64. The summed E-state index contributed by atoms with van der Waals surface area (Å²) in [6.07, 6.45) is 7.16. The van der Waals surface area contributed by atoms with Crippen LogP contribution in [0.5, 0.6) is 0 Å². The van der Waals surface area contributed by atoms with E-state index >= 15 is 0 Å². The van der Waals surface area contributed by atoms with Gasteiger partial charge in [0, 0.05) is 11.8 Å². The SMILES string of the molecule is CC(C)[C@H]1CC[C@]23CCC(=O)[C@@]2(C)CC[C@]13C. The van der Waals surface area contributed by atoms with Gasteiger partial charge in [-0.2, -0.15) is 0 Å². The first kappa shape index (κ1) is 11.7. The van der Waals surface area contributed by atoms with E-state index in [1.54, 1.807) is 0 Å². The normalized spacial score (nSPS) is 53.2. The topological polar surface area (TPSA) is 17.1 Å². The third-order valence-electron chi connectivity index (χ3n) is 7.19. The molecule has 0 saturated heterocycles. The van der Waals surface area contributed by atoms with E-state index in [9.17, 15) is 4.79 Å². The van der Waals surface area contributed by atoms with E-state index in [-0.39, 0.29) is 5.41 Å². The van der Waals surface area contributed by atoms with Gasteiger partial charge in [-0.25, -0.2) is 0 Å². The van der Waals surface area contributed by atoms with Crippen molar-refractivity contribution in [2.24, 2.45) is 28.1 Å². The number of carbonyl (C=O) groups excluding carboxylic acids is 1. The van der Waals surface area contributed by atoms with Crippen LogP contribution in [0.2, 0.25) is 0 Å². The van der Waals surface area contributed by atoms with Crippen LogP contribution in [0.15, 0.2) is 0 Å². The highest BCUT2D eigenvalue weighted by molar-refractivity contribution is 5.88. The van der Waals surface area contributed by atoms with Crippen LogP contribution >= 0.6 is 0 Å². The molecule has 1 heteroatoms. The highest BCUT2D eigenvalue weighted by atomic mass is 16.1. The number of carbonyl (C=O) groups is 1. The van der Waals surface area contributed by atoms with Crippen LogP contribution in [-0.4, -0.2) is 5.78 Å². The van der Waals surface area contributed by atoms with Crippen molar-refractivity contribution in [2.45, 2.75) is 66.2 Å². The van der Waals surface area contributed by atoms with Crippen molar-refractivity contribution in [1.82, 2.24) is 0 Å². The van der Waals surface area contributed by atoms with E-state index < -0.39 is 0 Å². The van der Waals surface area contributed by atoms with Crippen molar-refractivity contribution in [3.63, 3.8) is 0 Å². The lowest BCUT2D eigenvalue weighted by Crippen LogP contribution is -2.42. The summed E-state index contributed by atoms with van der Waals surface area (Å²) >= 11 is 0. The molecule has 1 nitrogen and oxygen atoms in total. The van der Waals surface area contributed by atoms with Gasteiger partial charge in [-0.05, 0) is 54.8 Å². The van der Waals surface area contributed by atoms with Gasteiger partial charge in [-0.15, -0.1) is 0 Å². The van der Waals surface area contributed by atoms with E-state index in [0.717, 1.165) is 24.7 Å². The van der Waals surface area contributed by atoms with Crippen LogP contribution in [0.3, 0.4) is 0 Å². The minimum Gasteiger partial charge on any atom is -0.299 e. The Morgan fingerprint density at radius 2 is 1.82 bits per heavy atom. The Kier molecular flexibility index (Phi) is 2.18. The van der Waals surface area contributed by atoms with Crippen molar-refractivity contribution in [2.75, 3.05) is 0 Å². The molecule has 0 unspecified atom stereocenters. The van der Waals surface area contributed by atoms with Crippen molar-refractivity contribution < 1.29 is 4.79 Å². The molecule has 0 amide bonds. The minimum atomic E-state index is 0.0331. The Balaban J connectivity index is 2.09. The Labute approximate surface area is 105 Å². The maximum atomic E-state index is 12.3. The standard InChI is InChI=1S/C16H26O/c1-11(2)12-5-7-16-8-6-13(17)15(16,4)10-9-14(12,16)3/h11-12H,5-10H2,1-4H3/t12-,14-,15-,16-/m1/s1. The molecule has 3 aliphatic rings. The van der Waals surface area contributed by atoms with E-state index in [1.807, 2.05) is 0 Å². The summed E-state index contributed by atoms with van der Waals surface area (Å²) in [6.45, 7) is 9.55. The Morgan fingerprint density at radius 3 is 2.47 bits per heavy atom. The molecular formula is C16H26O. The zero-order valence-electron chi connectivity index (χ0n) is 11.8. The second-order valence-electron chi connectivity index (χ2n) is 7.64. The molecule has 0 bridgehead atoms. The fraction of sp³-hybridized carbons (Fsp3) is 0.938. The molecule has 1 spiro atoms. The highest BCUT2D eigenvalue weighted by Gasteiger charge is 2.72. The summed E-state index contributed by atoms with van der Waals surface area (Å²) in [7, 11) is 0. The van der Waals surface area contributed by atoms with Crippen molar-refractivity contribution in [1.29, 1.82) is 0 Å². The van der Waals surface area contributed by atoms with Crippen LogP contribution in [0, 0.1) is 28.1 Å². The zero-order valence-corrected chi connectivity index (χ0v) is 11.8. The molecule has 0 aromatic rings. The molecule has 0 radical (unpaired) electrons. The highest BCUT2D eigenvalue weighted by Crippen LogP contribution is 2.77. The Bertz CT molecular complexity index is 372. The lowest BCUT2D eigenvalue weighted by Gasteiger charge is -2.45. The van der Waals surface area contributed by atoms with Gasteiger partial charge in [0.05, 0.1) is 0 Å². The van der Waals surface area contributed by atoms with Crippen LogP contribution in [-0.2, 0) is 4.79 Å². The average Bonchev–Trinajstić information content (AvgIpc) is 2.76. The van der Waals surface area contributed by atoms with Crippen molar-refractivity contribution in [3.05, 3.63) is 0 Å². The molecule has 96 valence electrons. The predicted molar refractivity (Wildman–Crippen MR) is 69.7 cm³/mol. The molecule has 0 aliphatic heterocycles. The molecular weight excluding hydrogens is 208 g/mol. The van der Waals surface area contributed by atoms with Gasteiger partial charge in [0.2, 0.25) is 0 Å². The molecule has 4 atom stereocenters. The number of Topliss-reactive ketones (excluding diaryl/α,β-unsaturated/α-hetero) is 1. The lowest BCUT2D eigenvalue weighted by atomic mass is 9.58. The summed E-state index contributed by atoms with van der Waals surface area (Å²) in [5, 5.41) is 0. The van der Waals surface area contributed by atoms with Crippen LogP contribution in [0.4, 0.5) is 0 Å². The van der Waals surface area contributed by atoms with E-state index in [2.05, 4.69) is 27.7 Å². The third-order valence-corrected chi connectivity index (χ3v) is 7.19. The Morgan fingerprint density at radius 1 is 1.12 bits per heavy atom. The molecule has 0 heterocycles. The third kappa shape index (κ3) is 1.06. The first-order valence-electron chi connectivity index (χ1n) is 7.41. The van der Waals surface area contributed by atoms with Gasteiger partial charge in [-0.3, -0.25) is 4.79 Å². The zero-order chi connectivity index (χ0) is 12.5. The minimum absolute atomic E-state index is 0.0331. The summed E-state index contributed by atoms with van der Waals surface area (Å²) in [5.74, 6) is 2.19. The fourth-order valence-electron chi connectivity index (χ4n) is 6.21. The molecule has 3 saturated carbocycles. The quantitative estimate of drug-likeness (QED) is 0.664. The lowest BCUT2D eigenvalue weighted by molar-refractivity contribution is -0.129. The summed E-state index contributed by atoms with van der Waals surface area (Å²) in [4.78, 5) is 12.3. The fourth-order valence-corrected chi connectivity index (χ4v) is 6.21.